The molecule has 1 aromatic carbocycles. The van der Waals surface area contributed by atoms with E-state index in [0.29, 0.717) is 43.4 Å². The quantitative estimate of drug-likeness (QED) is 0.363. The molecule has 3 saturated carbocycles. The highest BCUT2D eigenvalue weighted by atomic mass is 32.2. The number of ether oxygens (including phenoxy) is 2. The molecule has 0 unspecified atom stereocenters. The predicted molar refractivity (Wildman–Crippen MR) is 191 cm³/mol. The number of allylic oxidation sites excluding steroid dienone is 1. The third kappa shape index (κ3) is 8.36. The van der Waals surface area contributed by atoms with Crippen LogP contribution in [0.3, 0.4) is 0 Å². The van der Waals surface area contributed by atoms with Crippen LogP contribution in [0.2, 0.25) is 0 Å². The molecule has 1 aromatic rings. The molecule has 3 heterocycles. The van der Waals surface area contributed by atoms with Crippen molar-refractivity contribution in [2.45, 2.75) is 126 Å². The van der Waals surface area contributed by atoms with E-state index in [4.69, 9.17) is 9.47 Å². The first-order chi connectivity index (χ1) is 25.5. The molecule has 3 aliphatic carbocycles. The summed E-state index contributed by atoms with van der Waals surface area (Å²) < 4.78 is 53.7. The first-order valence-corrected chi connectivity index (χ1v) is 20.4. The molecule has 15 nitrogen and oxygen atoms in total. The summed E-state index contributed by atoms with van der Waals surface area (Å²) in [5.41, 5.74) is -1.39. The van der Waals surface area contributed by atoms with E-state index in [-0.39, 0.29) is 45.1 Å². The summed E-state index contributed by atoms with van der Waals surface area (Å²) in [6.45, 7) is 5.79. The molecule has 7 rings (SSSR count). The summed E-state index contributed by atoms with van der Waals surface area (Å²) in [5.74, 6) is -3.09. The van der Waals surface area contributed by atoms with Crippen LogP contribution in [-0.4, -0.2) is 113 Å². The molecule has 0 bridgehead atoms. The van der Waals surface area contributed by atoms with Gasteiger partial charge < -0.3 is 25.0 Å². The fourth-order valence-corrected chi connectivity index (χ4v) is 9.04. The second kappa shape index (κ2) is 14.4. The molecular weight excluding hydrogens is 724 g/mol. The lowest BCUT2D eigenvalue weighted by atomic mass is 10.1. The zero-order chi connectivity index (χ0) is 38.6. The molecule has 1 saturated heterocycles. The lowest BCUT2D eigenvalue weighted by molar-refractivity contribution is -0.141. The van der Waals surface area contributed by atoms with Gasteiger partial charge in [0.05, 0.1) is 18.3 Å². The van der Waals surface area contributed by atoms with Crippen molar-refractivity contribution in [2.75, 3.05) is 19.6 Å². The van der Waals surface area contributed by atoms with Gasteiger partial charge in [0.1, 0.15) is 35.1 Å². The summed E-state index contributed by atoms with van der Waals surface area (Å²) in [6.07, 6.45) is 5.35. The van der Waals surface area contributed by atoms with E-state index in [0.717, 1.165) is 12.8 Å². The van der Waals surface area contributed by atoms with Crippen molar-refractivity contribution >= 4 is 39.9 Å². The van der Waals surface area contributed by atoms with Crippen molar-refractivity contribution < 1.29 is 46.3 Å². The number of hydrogen-bond donors (Lipinski definition) is 3. The van der Waals surface area contributed by atoms with E-state index in [1.54, 1.807) is 32.9 Å². The van der Waals surface area contributed by atoms with Crippen molar-refractivity contribution in [2.24, 2.45) is 5.92 Å². The third-order valence-electron chi connectivity index (χ3n) is 10.9. The molecule has 0 aromatic heterocycles. The average molecular weight is 773 g/mol. The van der Waals surface area contributed by atoms with Crippen LogP contribution in [0, 0.1) is 11.7 Å². The molecule has 6 aliphatic rings. The van der Waals surface area contributed by atoms with Gasteiger partial charge in [-0.15, -0.1) is 0 Å². The van der Waals surface area contributed by atoms with E-state index in [1.165, 1.54) is 15.9 Å². The van der Waals surface area contributed by atoms with Crippen molar-refractivity contribution in [1.82, 2.24) is 30.1 Å². The molecule has 5 amide bonds. The molecule has 54 heavy (non-hydrogen) atoms. The number of hydrogen-bond acceptors (Lipinski definition) is 10. The van der Waals surface area contributed by atoms with Crippen molar-refractivity contribution in [1.29, 1.82) is 0 Å². The van der Waals surface area contributed by atoms with Crippen LogP contribution in [0.15, 0.2) is 30.4 Å². The number of rotatable bonds is 6. The number of nitrogens with zero attached hydrogens (tertiary/aromatic N) is 3. The van der Waals surface area contributed by atoms with Crippen LogP contribution in [-0.2, 0) is 47.0 Å². The van der Waals surface area contributed by atoms with Gasteiger partial charge in [0.2, 0.25) is 21.8 Å². The molecule has 4 fully saturated rings. The molecule has 0 spiro atoms. The van der Waals surface area contributed by atoms with Crippen molar-refractivity contribution in [3.8, 4) is 0 Å². The molecule has 294 valence electrons. The number of nitrogens with one attached hydrogen (secondary N) is 3. The van der Waals surface area contributed by atoms with Crippen LogP contribution in [0.25, 0.3) is 0 Å². The van der Waals surface area contributed by atoms with Crippen LogP contribution in [0.4, 0.5) is 14.0 Å². The van der Waals surface area contributed by atoms with Crippen molar-refractivity contribution in [3.05, 3.63) is 47.3 Å². The highest BCUT2D eigenvalue weighted by Crippen LogP contribution is 2.46. The molecule has 17 heteroatoms. The van der Waals surface area contributed by atoms with Crippen LogP contribution >= 0.6 is 0 Å². The maximum Gasteiger partial charge on any atom is 0.410 e. The lowest BCUT2D eigenvalue weighted by Gasteiger charge is -2.33. The number of halogens is 1. The molecule has 3 N–H and O–H groups in total. The Morgan fingerprint density at radius 3 is 2.50 bits per heavy atom. The van der Waals surface area contributed by atoms with E-state index in [9.17, 15) is 36.8 Å². The van der Waals surface area contributed by atoms with Gasteiger partial charge in [-0.3, -0.25) is 28.9 Å². The second-order valence-electron chi connectivity index (χ2n) is 16.4. The minimum atomic E-state index is -3.93. The summed E-state index contributed by atoms with van der Waals surface area (Å²) in [5, 5.41) is 4.88. The second-order valence-corrected chi connectivity index (χ2v) is 18.4. The highest BCUT2D eigenvalue weighted by Gasteiger charge is 2.62. The third-order valence-corrected chi connectivity index (χ3v) is 12.7. The maximum absolute atomic E-state index is 14.6. The van der Waals surface area contributed by atoms with Gasteiger partial charge in [0, 0.05) is 37.0 Å². The minimum absolute atomic E-state index is 0.00466. The SMILES string of the molecule is CC(C)(C)OC(=O)N[C@H]1CN(C2CC2)CCC/C=C\[C@H]2C[C@@]2(C(=O)NS(=O)(=O)C2CC2)NC(=O)[C@@H]2C[C@@H](OC(=O)N3Cc4cccc(F)c4C3)CN2C1=O. The first-order valence-electron chi connectivity index (χ1n) is 18.8. The number of alkyl carbamates (subject to hydrolysis) is 1. The standard InChI is InChI=1S/C37H49FN6O9S/c1-36(2,3)53-34(48)39-29-21-42(24-11-12-24)15-6-4-5-9-23-17-37(23,33(47)41-54(50,51)26-13-14-26)40-31(45)30-16-25(19-44(30)32(29)46)52-35(49)43-18-22-8-7-10-28(38)27(22)20-43/h5,7-10,23-26,29-30H,4,6,11-21H2,1-3H3,(H,39,48)(H,40,45)(H,41,47)/b9-5-/t23-,25+,29-,30-,37+/m0/s1. The summed E-state index contributed by atoms with van der Waals surface area (Å²) in [7, 11) is -3.93. The lowest BCUT2D eigenvalue weighted by Crippen LogP contribution is -2.60. The van der Waals surface area contributed by atoms with Crippen molar-refractivity contribution in [3.63, 3.8) is 0 Å². The monoisotopic (exact) mass is 772 g/mol. The van der Waals surface area contributed by atoms with Crippen LogP contribution in [0.1, 0.15) is 83.3 Å². The smallest absolute Gasteiger partial charge is 0.410 e. The number of sulfonamides is 1. The minimum Gasteiger partial charge on any atom is -0.444 e. The highest BCUT2D eigenvalue weighted by molar-refractivity contribution is 7.91. The normalized spacial score (nSPS) is 29.8. The zero-order valence-electron chi connectivity index (χ0n) is 30.8. The summed E-state index contributed by atoms with van der Waals surface area (Å²) in [4.78, 5) is 74.0. The Morgan fingerprint density at radius 2 is 1.81 bits per heavy atom. The average Bonchev–Trinajstić information content (AvgIpc) is 4.02. The molecular formula is C37H49FN6O9S. The summed E-state index contributed by atoms with van der Waals surface area (Å²) in [6, 6.07) is 2.44. The van der Waals surface area contributed by atoms with Gasteiger partial charge >= 0.3 is 12.2 Å². The summed E-state index contributed by atoms with van der Waals surface area (Å²) >= 11 is 0. The van der Waals surface area contributed by atoms with Gasteiger partial charge in [-0.25, -0.2) is 22.4 Å². The Hall–Kier alpha value is -4.25. The Kier molecular flexibility index (Phi) is 10.2. The molecule has 5 atom stereocenters. The van der Waals surface area contributed by atoms with Crippen LogP contribution in [0.5, 0.6) is 0 Å². The van der Waals surface area contributed by atoms with Crippen LogP contribution < -0.4 is 15.4 Å². The van der Waals surface area contributed by atoms with E-state index in [1.807, 2.05) is 12.2 Å². The Bertz CT molecular complexity index is 1840. The van der Waals surface area contributed by atoms with Gasteiger partial charge in [0.25, 0.3) is 5.91 Å². The number of benzene rings is 1. The largest absolute Gasteiger partial charge is 0.444 e. The number of carbonyl (C=O) groups is 5. The predicted octanol–water partition coefficient (Wildman–Crippen LogP) is 2.44. The number of fused-ring (bicyclic) bond motifs is 3. The van der Waals surface area contributed by atoms with Gasteiger partial charge in [-0.05, 0) is 83.9 Å². The van der Waals surface area contributed by atoms with E-state index in [2.05, 4.69) is 20.3 Å². The topological polar surface area (TPSA) is 184 Å². The number of amides is 5. The molecule has 0 radical (unpaired) electrons. The first kappa shape index (κ1) is 38.0. The Balaban J connectivity index is 1.17. The van der Waals surface area contributed by atoms with Gasteiger partial charge in [-0.2, -0.15) is 0 Å². The van der Waals surface area contributed by atoms with E-state index < -0.39 is 86.2 Å². The van der Waals surface area contributed by atoms with Gasteiger partial charge in [0.15, 0.2) is 0 Å². The fourth-order valence-electron chi connectivity index (χ4n) is 7.67. The Morgan fingerprint density at radius 1 is 1.06 bits per heavy atom. The van der Waals surface area contributed by atoms with Gasteiger partial charge in [-0.1, -0.05) is 24.3 Å². The number of carbonyl (C=O) groups excluding carboxylic acids is 5. The fraction of sp³-hybridized carbons (Fsp3) is 0.649. The Labute approximate surface area is 314 Å². The maximum atomic E-state index is 14.6. The zero-order valence-corrected chi connectivity index (χ0v) is 31.7. The van der Waals surface area contributed by atoms with E-state index >= 15 is 0 Å². The molecule has 3 aliphatic heterocycles.